The van der Waals surface area contributed by atoms with E-state index in [0.29, 0.717) is 5.92 Å². The SMILES string of the molecule is CC(N)C1CCN(C(=O)c2ccc(OCC3CC3)cc2)CC1. The highest BCUT2D eigenvalue weighted by atomic mass is 16.5. The van der Waals surface area contributed by atoms with Crippen LogP contribution >= 0.6 is 0 Å². The standard InChI is InChI=1S/C18H26N2O2/c1-13(19)15-8-10-20(11-9-15)18(21)16-4-6-17(7-5-16)22-12-14-2-3-14/h4-7,13-15H,2-3,8-12,19H2,1H3. The van der Waals surface area contributed by atoms with Crippen molar-refractivity contribution in [3.63, 3.8) is 0 Å². The van der Waals surface area contributed by atoms with Crippen molar-refractivity contribution >= 4 is 5.91 Å². The molecule has 4 heteroatoms. The number of piperidine rings is 1. The largest absolute Gasteiger partial charge is 0.493 e. The first kappa shape index (κ1) is 15.3. The highest BCUT2D eigenvalue weighted by molar-refractivity contribution is 5.94. The zero-order chi connectivity index (χ0) is 15.5. The van der Waals surface area contributed by atoms with Crippen LogP contribution < -0.4 is 10.5 Å². The first-order valence-corrected chi connectivity index (χ1v) is 8.41. The molecule has 1 aliphatic carbocycles. The summed E-state index contributed by atoms with van der Waals surface area (Å²) in [6.45, 7) is 4.48. The zero-order valence-electron chi connectivity index (χ0n) is 13.3. The van der Waals surface area contributed by atoms with Crippen LogP contribution in [0.25, 0.3) is 0 Å². The number of likely N-dealkylation sites (tertiary alicyclic amines) is 1. The molecule has 1 atom stereocenters. The minimum atomic E-state index is 0.122. The van der Waals surface area contributed by atoms with Crippen molar-refractivity contribution in [1.82, 2.24) is 4.90 Å². The van der Waals surface area contributed by atoms with Crippen LogP contribution in [0.15, 0.2) is 24.3 Å². The Kier molecular flexibility index (Phi) is 4.67. The van der Waals surface area contributed by atoms with E-state index in [0.717, 1.165) is 49.8 Å². The number of ether oxygens (including phenoxy) is 1. The molecular formula is C18H26N2O2. The molecule has 1 saturated heterocycles. The first-order valence-electron chi connectivity index (χ1n) is 8.41. The third kappa shape index (κ3) is 3.80. The molecule has 4 nitrogen and oxygen atoms in total. The Hall–Kier alpha value is -1.55. The highest BCUT2D eigenvalue weighted by Crippen LogP contribution is 2.29. The van der Waals surface area contributed by atoms with Gasteiger partial charge in [-0.3, -0.25) is 4.79 Å². The fourth-order valence-corrected chi connectivity index (χ4v) is 3.00. The van der Waals surface area contributed by atoms with Crippen molar-refractivity contribution < 1.29 is 9.53 Å². The molecule has 0 radical (unpaired) electrons. The maximum absolute atomic E-state index is 12.5. The number of nitrogens with two attached hydrogens (primary N) is 1. The summed E-state index contributed by atoms with van der Waals surface area (Å²) in [5.41, 5.74) is 6.70. The lowest BCUT2D eigenvalue weighted by Crippen LogP contribution is -2.42. The third-order valence-electron chi connectivity index (χ3n) is 4.85. The van der Waals surface area contributed by atoms with Gasteiger partial charge in [-0.2, -0.15) is 0 Å². The predicted molar refractivity (Wildman–Crippen MR) is 86.9 cm³/mol. The maximum Gasteiger partial charge on any atom is 0.253 e. The molecule has 3 rings (SSSR count). The summed E-state index contributed by atoms with van der Waals surface area (Å²) >= 11 is 0. The number of carbonyl (C=O) groups is 1. The molecule has 1 amide bonds. The highest BCUT2D eigenvalue weighted by Gasteiger charge is 2.25. The van der Waals surface area contributed by atoms with E-state index in [1.807, 2.05) is 29.2 Å². The average Bonchev–Trinajstić information content (AvgIpc) is 3.37. The van der Waals surface area contributed by atoms with Gasteiger partial charge in [0.15, 0.2) is 0 Å². The summed E-state index contributed by atoms with van der Waals surface area (Å²) in [5.74, 6) is 2.27. The van der Waals surface area contributed by atoms with E-state index in [4.69, 9.17) is 10.5 Å². The van der Waals surface area contributed by atoms with Crippen molar-refractivity contribution in [3.8, 4) is 5.75 Å². The molecule has 1 heterocycles. The molecule has 1 aromatic rings. The summed E-state index contributed by atoms with van der Waals surface area (Å²) in [4.78, 5) is 14.5. The lowest BCUT2D eigenvalue weighted by atomic mass is 9.90. The molecule has 0 spiro atoms. The number of rotatable bonds is 5. The van der Waals surface area contributed by atoms with Gasteiger partial charge < -0.3 is 15.4 Å². The summed E-state index contributed by atoms with van der Waals surface area (Å²) in [7, 11) is 0. The summed E-state index contributed by atoms with van der Waals surface area (Å²) in [6.07, 6.45) is 4.58. The molecule has 1 aromatic carbocycles. The van der Waals surface area contributed by atoms with Crippen molar-refractivity contribution in [3.05, 3.63) is 29.8 Å². The Bertz CT molecular complexity index is 500. The quantitative estimate of drug-likeness (QED) is 0.910. The third-order valence-corrected chi connectivity index (χ3v) is 4.85. The van der Waals surface area contributed by atoms with Crippen LogP contribution in [0, 0.1) is 11.8 Å². The lowest BCUT2D eigenvalue weighted by molar-refractivity contribution is 0.0681. The summed E-state index contributed by atoms with van der Waals surface area (Å²) in [5, 5.41) is 0. The van der Waals surface area contributed by atoms with Crippen LogP contribution in [-0.2, 0) is 0 Å². The van der Waals surface area contributed by atoms with E-state index in [-0.39, 0.29) is 11.9 Å². The van der Waals surface area contributed by atoms with Gasteiger partial charge >= 0.3 is 0 Å². The number of amides is 1. The average molecular weight is 302 g/mol. The van der Waals surface area contributed by atoms with Gasteiger partial charge in [-0.25, -0.2) is 0 Å². The number of nitrogens with zero attached hydrogens (tertiary/aromatic N) is 1. The second-order valence-electron chi connectivity index (χ2n) is 6.77. The van der Waals surface area contributed by atoms with Gasteiger partial charge in [-0.05, 0) is 68.7 Å². The minimum Gasteiger partial charge on any atom is -0.493 e. The van der Waals surface area contributed by atoms with E-state index in [2.05, 4.69) is 6.92 Å². The molecule has 0 aromatic heterocycles. The fourth-order valence-electron chi connectivity index (χ4n) is 3.00. The normalized spacial score (nSPS) is 20.7. The summed E-state index contributed by atoms with van der Waals surface area (Å²) < 4.78 is 5.71. The van der Waals surface area contributed by atoms with Gasteiger partial charge in [-0.15, -0.1) is 0 Å². The Labute approximate surface area is 132 Å². The van der Waals surface area contributed by atoms with Crippen molar-refractivity contribution in [2.45, 2.75) is 38.6 Å². The van der Waals surface area contributed by atoms with Crippen molar-refractivity contribution in [1.29, 1.82) is 0 Å². The number of carbonyl (C=O) groups excluding carboxylic acids is 1. The van der Waals surface area contributed by atoms with Crippen LogP contribution in [0.4, 0.5) is 0 Å². The Balaban J connectivity index is 1.53. The zero-order valence-corrected chi connectivity index (χ0v) is 13.3. The summed E-state index contributed by atoms with van der Waals surface area (Å²) in [6, 6.07) is 7.79. The molecule has 2 aliphatic rings. The van der Waals surface area contributed by atoms with Gasteiger partial charge in [0.2, 0.25) is 0 Å². The number of benzene rings is 1. The molecule has 1 unspecified atom stereocenters. The van der Waals surface area contributed by atoms with Crippen molar-refractivity contribution in [2.24, 2.45) is 17.6 Å². The van der Waals surface area contributed by atoms with Crippen LogP contribution in [0.2, 0.25) is 0 Å². The molecule has 1 saturated carbocycles. The van der Waals surface area contributed by atoms with E-state index >= 15 is 0 Å². The maximum atomic E-state index is 12.5. The Morgan fingerprint density at radius 2 is 1.86 bits per heavy atom. The lowest BCUT2D eigenvalue weighted by Gasteiger charge is -2.33. The van der Waals surface area contributed by atoms with Crippen LogP contribution in [0.1, 0.15) is 43.0 Å². The predicted octanol–water partition coefficient (Wildman–Crippen LogP) is 2.67. The van der Waals surface area contributed by atoms with E-state index in [1.54, 1.807) is 0 Å². The molecule has 2 N–H and O–H groups in total. The van der Waals surface area contributed by atoms with Gasteiger partial charge in [-0.1, -0.05) is 0 Å². The molecule has 1 aliphatic heterocycles. The van der Waals surface area contributed by atoms with Crippen LogP contribution in [-0.4, -0.2) is 36.5 Å². The molecule has 0 bridgehead atoms. The van der Waals surface area contributed by atoms with Gasteiger partial charge in [0.1, 0.15) is 5.75 Å². The fraction of sp³-hybridized carbons (Fsp3) is 0.611. The number of hydrogen-bond donors (Lipinski definition) is 1. The van der Waals surface area contributed by atoms with Crippen molar-refractivity contribution in [2.75, 3.05) is 19.7 Å². The monoisotopic (exact) mass is 302 g/mol. The van der Waals surface area contributed by atoms with E-state index in [9.17, 15) is 4.79 Å². The van der Waals surface area contributed by atoms with Gasteiger partial charge in [0.05, 0.1) is 6.61 Å². The van der Waals surface area contributed by atoms with E-state index in [1.165, 1.54) is 12.8 Å². The second kappa shape index (κ2) is 6.69. The molecule has 120 valence electrons. The molecular weight excluding hydrogens is 276 g/mol. The molecule has 2 fully saturated rings. The Morgan fingerprint density at radius 1 is 1.23 bits per heavy atom. The van der Waals surface area contributed by atoms with Gasteiger partial charge in [0, 0.05) is 24.7 Å². The smallest absolute Gasteiger partial charge is 0.253 e. The number of hydrogen-bond acceptors (Lipinski definition) is 3. The first-order chi connectivity index (χ1) is 10.6. The van der Waals surface area contributed by atoms with Crippen LogP contribution in [0.5, 0.6) is 5.75 Å². The van der Waals surface area contributed by atoms with Crippen LogP contribution in [0.3, 0.4) is 0 Å². The molecule has 22 heavy (non-hydrogen) atoms. The topological polar surface area (TPSA) is 55.6 Å². The van der Waals surface area contributed by atoms with Gasteiger partial charge in [0.25, 0.3) is 5.91 Å². The van der Waals surface area contributed by atoms with E-state index < -0.39 is 0 Å². The second-order valence-corrected chi connectivity index (χ2v) is 6.77. The minimum absolute atomic E-state index is 0.122. The Morgan fingerprint density at radius 3 is 2.41 bits per heavy atom.